The molecule has 0 spiro atoms. The molecule has 0 saturated carbocycles. The Balaban J connectivity index is 1.74. The fraction of sp³-hybridized carbons (Fsp3) is 0.222. The number of rotatable bonds is 5. The van der Waals surface area contributed by atoms with Crippen molar-refractivity contribution in [3.8, 4) is 11.5 Å². The SMILES string of the molecule is CSCCn1c(=NC(=O)C=Cc2cccs2)sc2cc3c(cc21)OCO3. The molecule has 0 atom stereocenters. The van der Waals surface area contributed by atoms with Crippen molar-refractivity contribution in [2.45, 2.75) is 6.54 Å². The maximum absolute atomic E-state index is 12.3. The van der Waals surface area contributed by atoms with E-state index in [1.807, 2.05) is 29.6 Å². The number of fused-ring (bicyclic) bond motifs is 2. The molecule has 3 aromatic rings. The summed E-state index contributed by atoms with van der Waals surface area (Å²) in [4.78, 5) is 18.3. The molecule has 0 aliphatic carbocycles. The molecule has 0 radical (unpaired) electrons. The first-order chi connectivity index (χ1) is 12.7. The third-order valence-corrected chi connectivity index (χ3v) is 6.30. The zero-order chi connectivity index (χ0) is 17.9. The van der Waals surface area contributed by atoms with Gasteiger partial charge in [0.2, 0.25) is 6.79 Å². The molecular weight excluding hydrogens is 388 g/mol. The number of aryl methyl sites for hydroxylation is 1. The number of benzene rings is 1. The van der Waals surface area contributed by atoms with Crippen LogP contribution in [0.25, 0.3) is 16.3 Å². The predicted molar refractivity (Wildman–Crippen MR) is 108 cm³/mol. The van der Waals surface area contributed by atoms with E-state index in [2.05, 4.69) is 15.8 Å². The number of thiazole rings is 1. The van der Waals surface area contributed by atoms with Gasteiger partial charge in [0.25, 0.3) is 5.91 Å². The summed E-state index contributed by atoms with van der Waals surface area (Å²) in [6.45, 7) is 1.03. The van der Waals surface area contributed by atoms with Crippen molar-refractivity contribution in [3.05, 3.63) is 45.4 Å². The monoisotopic (exact) mass is 404 g/mol. The standard InChI is InChI=1S/C18H16N2O3S3/c1-24-8-6-20-13-9-14-15(23-11-22-14)10-16(13)26-18(20)19-17(21)5-4-12-3-2-7-25-12/h2-5,7,9-10H,6,8,11H2,1H3. The summed E-state index contributed by atoms with van der Waals surface area (Å²) >= 11 is 4.84. The van der Waals surface area contributed by atoms with Crippen LogP contribution in [0.5, 0.6) is 11.5 Å². The lowest BCUT2D eigenvalue weighted by atomic mass is 10.3. The minimum Gasteiger partial charge on any atom is -0.454 e. The van der Waals surface area contributed by atoms with Crippen LogP contribution in [0.15, 0.2) is 40.7 Å². The number of hydrogen-bond acceptors (Lipinski definition) is 6. The number of amides is 1. The topological polar surface area (TPSA) is 52.8 Å². The Morgan fingerprint density at radius 1 is 1.38 bits per heavy atom. The van der Waals surface area contributed by atoms with E-state index < -0.39 is 0 Å². The Labute approximate surface area is 162 Å². The van der Waals surface area contributed by atoms with E-state index in [4.69, 9.17) is 9.47 Å². The largest absolute Gasteiger partial charge is 0.454 e. The second-order valence-corrected chi connectivity index (χ2v) is 8.48. The van der Waals surface area contributed by atoms with Crippen LogP contribution in [0.3, 0.4) is 0 Å². The van der Waals surface area contributed by atoms with Gasteiger partial charge in [0.05, 0.1) is 10.2 Å². The molecule has 4 rings (SSSR count). The highest BCUT2D eigenvalue weighted by Gasteiger charge is 2.17. The molecule has 0 bridgehead atoms. The van der Waals surface area contributed by atoms with E-state index in [-0.39, 0.29) is 12.7 Å². The summed E-state index contributed by atoms with van der Waals surface area (Å²) in [6.07, 6.45) is 5.38. The van der Waals surface area contributed by atoms with E-state index in [0.29, 0.717) is 4.80 Å². The summed E-state index contributed by atoms with van der Waals surface area (Å²) in [5, 5.41) is 1.98. The van der Waals surface area contributed by atoms with Crippen LogP contribution in [0.1, 0.15) is 4.88 Å². The van der Waals surface area contributed by atoms with Crippen LogP contribution in [0, 0.1) is 0 Å². The number of thiophene rings is 1. The molecule has 1 aliphatic rings. The van der Waals surface area contributed by atoms with Gasteiger partial charge in [-0.1, -0.05) is 17.4 Å². The third kappa shape index (κ3) is 3.58. The molecular formula is C18H16N2O3S3. The molecule has 8 heteroatoms. The number of thioether (sulfide) groups is 1. The first-order valence-corrected chi connectivity index (χ1v) is 11.1. The number of aromatic nitrogens is 1. The molecule has 134 valence electrons. The molecule has 3 heterocycles. The summed E-state index contributed by atoms with van der Waals surface area (Å²) in [7, 11) is 0. The minimum atomic E-state index is -0.261. The van der Waals surface area contributed by atoms with Gasteiger partial charge in [-0.25, -0.2) is 0 Å². The Morgan fingerprint density at radius 2 is 2.23 bits per heavy atom. The van der Waals surface area contributed by atoms with Crippen molar-refractivity contribution in [3.63, 3.8) is 0 Å². The van der Waals surface area contributed by atoms with E-state index in [1.165, 1.54) is 17.4 Å². The molecule has 1 aliphatic heterocycles. The van der Waals surface area contributed by atoms with Crippen molar-refractivity contribution >= 4 is 56.6 Å². The van der Waals surface area contributed by atoms with E-state index in [9.17, 15) is 4.79 Å². The normalized spacial score (nSPS) is 14.0. The summed E-state index contributed by atoms with van der Waals surface area (Å²) in [5.74, 6) is 2.16. The molecule has 0 N–H and O–H groups in total. The Bertz CT molecular complexity index is 1030. The number of ether oxygens (including phenoxy) is 2. The van der Waals surface area contributed by atoms with E-state index in [0.717, 1.165) is 38.9 Å². The molecule has 0 fully saturated rings. The van der Waals surface area contributed by atoms with Gasteiger partial charge in [-0.2, -0.15) is 16.8 Å². The number of carbonyl (C=O) groups excluding carboxylic acids is 1. The molecule has 0 saturated heterocycles. The van der Waals surface area contributed by atoms with E-state index in [1.54, 1.807) is 29.2 Å². The maximum Gasteiger partial charge on any atom is 0.272 e. The molecule has 1 aromatic carbocycles. The van der Waals surface area contributed by atoms with Gasteiger partial charge >= 0.3 is 0 Å². The van der Waals surface area contributed by atoms with Gasteiger partial charge in [0.1, 0.15) is 0 Å². The average Bonchev–Trinajstić information content (AvgIpc) is 3.36. The molecule has 5 nitrogen and oxygen atoms in total. The number of hydrogen-bond donors (Lipinski definition) is 0. The molecule has 26 heavy (non-hydrogen) atoms. The van der Waals surface area contributed by atoms with Gasteiger partial charge in [-0.05, 0) is 23.8 Å². The van der Waals surface area contributed by atoms with Gasteiger partial charge in [0.15, 0.2) is 16.3 Å². The Kier molecular flexibility index (Phi) is 5.14. The van der Waals surface area contributed by atoms with Crippen LogP contribution < -0.4 is 14.3 Å². The molecule has 1 amide bonds. The fourth-order valence-electron chi connectivity index (χ4n) is 2.61. The maximum atomic E-state index is 12.3. The lowest BCUT2D eigenvalue weighted by Crippen LogP contribution is -2.17. The van der Waals surface area contributed by atoms with Crippen molar-refractivity contribution in [2.24, 2.45) is 4.99 Å². The summed E-state index contributed by atoms with van der Waals surface area (Å²) in [6, 6.07) is 7.86. The van der Waals surface area contributed by atoms with Gasteiger partial charge < -0.3 is 14.0 Å². The zero-order valence-electron chi connectivity index (χ0n) is 14.0. The van der Waals surface area contributed by atoms with Crippen LogP contribution >= 0.6 is 34.4 Å². The van der Waals surface area contributed by atoms with Crippen molar-refractivity contribution in [2.75, 3.05) is 18.8 Å². The van der Waals surface area contributed by atoms with Gasteiger partial charge in [-0.3, -0.25) is 4.79 Å². The second kappa shape index (κ2) is 7.69. The molecule has 2 aromatic heterocycles. The highest BCUT2D eigenvalue weighted by Crippen LogP contribution is 2.37. The highest BCUT2D eigenvalue weighted by molar-refractivity contribution is 7.98. The lowest BCUT2D eigenvalue weighted by Gasteiger charge is -2.04. The van der Waals surface area contributed by atoms with Gasteiger partial charge in [0, 0.05) is 35.4 Å². The quantitative estimate of drug-likeness (QED) is 0.603. The first-order valence-electron chi connectivity index (χ1n) is 7.97. The van der Waals surface area contributed by atoms with Crippen LogP contribution in [0.4, 0.5) is 0 Å². The van der Waals surface area contributed by atoms with Crippen LogP contribution in [0.2, 0.25) is 0 Å². The number of nitrogens with zero attached hydrogens (tertiary/aromatic N) is 2. The smallest absolute Gasteiger partial charge is 0.272 e. The van der Waals surface area contributed by atoms with Gasteiger partial charge in [-0.15, -0.1) is 11.3 Å². The first kappa shape index (κ1) is 17.4. The zero-order valence-corrected chi connectivity index (χ0v) is 16.5. The molecule has 0 unspecified atom stereocenters. The highest BCUT2D eigenvalue weighted by atomic mass is 32.2. The Morgan fingerprint density at radius 3 is 3.00 bits per heavy atom. The average molecular weight is 405 g/mol. The number of carbonyl (C=O) groups is 1. The lowest BCUT2D eigenvalue weighted by molar-refractivity contribution is -0.113. The summed E-state index contributed by atoms with van der Waals surface area (Å²) in [5.41, 5.74) is 1.02. The van der Waals surface area contributed by atoms with Crippen molar-refractivity contribution in [1.82, 2.24) is 4.57 Å². The summed E-state index contributed by atoms with van der Waals surface area (Å²) < 4.78 is 14.1. The van der Waals surface area contributed by atoms with Crippen LogP contribution in [-0.2, 0) is 11.3 Å². The predicted octanol–water partition coefficient (Wildman–Crippen LogP) is 4.00. The fourth-order valence-corrected chi connectivity index (χ4v) is 4.67. The minimum absolute atomic E-state index is 0.251. The third-order valence-electron chi connectivity index (χ3n) is 3.84. The van der Waals surface area contributed by atoms with Crippen molar-refractivity contribution < 1.29 is 14.3 Å². The van der Waals surface area contributed by atoms with E-state index >= 15 is 0 Å². The second-order valence-electron chi connectivity index (χ2n) is 5.50. The Hall–Kier alpha value is -2.03. The van der Waals surface area contributed by atoms with Crippen molar-refractivity contribution in [1.29, 1.82) is 0 Å². The van der Waals surface area contributed by atoms with Crippen LogP contribution in [-0.4, -0.2) is 29.3 Å².